The number of aryl methyl sites for hydroxylation is 4. The zero-order valence-corrected chi connectivity index (χ0v) is 49.6. The summed E-state index contributed by atoms with van der Waals surface area (Å²) in [6.45, 7) is 22.9. The summed E-state index contributed by atoms with van der Waals surface area (Å²) in [5, 5.41) is 2.51. The van der Waals surface area contributed by atoms with Crippen molar-refractivity contribution in [2.24, 2.45) is 0 Å². The summed E-state index contributed by atoms with van der Waals surface area (Å²) in [6.07, 6.45) is 9.74. The molecule has 77 heavy (non-hydrogen) atoms. The Bertz CT molecular complexity index is 3640. The summed E-state index contributed by atoms with van der Waals surface area (Å²) in [5.74, 6) is 0. The Balaban J connectivity index is 0.000000488. The van der Waals surface area contributed by atoms with Gasteiger partial charge in [0.1, 0.15) is 0 Å². The van der Waals surface area contributed by atoms with Gasteiger partial charge >= 0.3 is 0 Å². The molecule has 11 rings (SSSR count). The van der Waals surface area contributed by atoms with Crippen LogP contribution in [0.15, 0.2) is 182 Å². The molecule has 0 N–H and O–H groups in total. The van der Waals surface area contributed by atoms with Crippen molar-refractivity contribution in [2.75, 3.05) is 0 Å². The molecule has 0 saturated heterocycles. The van der Waals surface area contributed by atoms with Crippen molar-refractivity contribution in [3.63, 3.8) is 0 Å². The number of rotatable bonds is 12. The first-order valence-electron chi connectivity index (χ1n) is 27.1. The number of pyridine rings is 2. The summed E-state index contributed by atoms with van der Waals surface area (Å²) in [7, 11) is 0. The summed E-state index contributed by atoms with van der Waals surface area (Å²) >= 11 is 1.83. The first-order chi connectivity index (χ1) is 36.6. The van der Waals surface area contributed by atoms with Crippen LogP contribution in [0.25, 0.3) is 88.4 Å². The van der Waals surface area contributed by atoms with E-state index in [1.165, 1.54) is 125 Å². The molecule has 6 heteroatoms. The number of benzene rings is 6. The molecule has 6 aromatic carbocycles. The van der Waals surface area contributed by atoms with E-state index in [0.29, 0.717) is 0 Å². The molecule has 5 heterocycles. The first-order valence-corrected chi connectivity index (χ1v) is 27.9. The second kappa shape index (κ2) is 23.3. The van der Waals surface area contributed by atoms with Gasteiger partial charge in [0.25, 0.3) is 0 Å². The van der Waals surface area contributed by atoms with Gasteiger partial charge in [0, 0.05) is 92.2 Å². The predicted molar refractivity (Wildman–Crippen MR) is 324 cm³/mol. The molecule has 0 fully saturated rings. The van der Waals surface area contributed by atoms with Crippen LogP contribution in [0, 0.1) is 32.9 Å². The van der Waals surface area contributed by atoms with Crippen LogP contribution in [0.3, 0.4) is 0 Å². The van der Waals surface area contributed by atoms with Gasteiger partial charge in [-0.2, -0.15) is 0 Å². The fraction of sp³-hybridized carbons (Fsp3) is 0.239. The standard InChI is InChI=1S/C60H62N3S.C11H8N.Ir/c1-11-12-13-14-19-42-30-47(32-49(31-42)52-26-24-43(29-39(52)2)53-27-25-46(38-61-53)58-40(3)28-41(4)64-58)48-33-50(62-54-22-17-15-20-44(54)35-56(62)59(5,6)7)37-51(34-48)63-55-23-18-16-21-45(55)36-57(63)60(8,9)10;1-2-6-10(7-3-1)11-8-4-5-9-12-11;/h15-18,20-23,25-38H,11-14,19H2,1-10H3;1-6,8-9H;/q2*-1;. The summed E-state index contributed by atoms with van der Waals surface area (Å²) < 4.78 is 5.03. The maximum absolute atomic E-state index is 4.95. The van der Waals surface area contributed by atoms with Gasteiger partial charge in [0.15, 0.2) is 0 Å². The van der Waals surface area contributed by atoms with Crippen molar-refractivity contribution in [1.29, 1.82) is 0 Å². The average molecular weight is 1200 g/mol. The Morgan fingerprint density at radius 2 is 1.14 bits per heavy atom. The van der Waals surface area contributed by atoms with Crippen molar-refractivity contribution in [3.8, 4) is 66.6 Å². The molecule has 0 amide bonds. The monoisotopic (exact) mass is 1200 g/mol. The molecule has 11 aromatic rings. The first kappa shape index (κ1) is 54.8. The third-order valence-corrected chi connectivity index (χ3v) is 15.7. The van der Waals surface area contributed by atoms with Crippen LogP contribution in [-0.4, -0.2) is 19.1 Å². The maximum Gasteiger partial charge on any atom is 0.0531 e. The van der Waals surface area contributed by atoms with E-state index in [4.69, 9.17) is 4.98 Å². The molecule has 1 radical (unpaired) electrons. The zero-order chi connectivity index (χ0) is 53.1. The van der Waals surface area contributed by atoms with Gasteiger partial charge in [-0.05, 0) is 115 Å². The van der Waals surface area contributed by atoms with Crippen LogP contribution in [0.2, 0.25) is 0 Å². The van der Waals surface area contributed by atoms with Crippen molar-refractivity contribution in [3.05, 3.63) is 227 Å². The minimum atomic E-state index is -0.0858. The van der Waals surface area contributed by atoms with E-state index < -0.39 is 0 Å². The summed E-state index contributed by atoms with van der Waals surface area (Å²) in [5.41, 5.74) is 21.1. The number of para-hydroxylation sites is 2. The molecule has 0 saturated carbocycles. The Hall–Kier alpha value is -6.95. The van der Waals surface area contributed by atoms with E-state index in [0.717, 1.165) is 28.9 Å². The third kappa shape index (κ3) is 12.1. The third-order valence-electron chi connectivity index (χ3n) is 14.5. The molecule has 391 valence electrons. The normalized spacial score (nSPS) is 11.7. The molecule has 0 bridgehead atoms. The fourth-order valence-electron chi connectivity index (χ4n) is 10.7. The summed E-state index contributed by atoms with van der Waals surface area (Å²) in [4.78, 5) is 11.8. The number of hydrogen-bond donors (Lipinski definition) is 0. The Morgan fingerprint density at radius 3 is 1.70 bits per heavy atom. The van der Waals surface area contributed by atoms with Crippen LogP contribution in [0.1, 0.15) is 107 Å². The molecule has 4 nitrogen and oxygen atoms in total. The van der Waals surface area contributed by atoms with E-state index in [1.807, 2.05) is 60.0 Å². The minimum absolute atomic E-state index is 0. The zero-order valence-electron chi connectivity index (χ0n) is 46.4. The van der Waals surface area contributed by atoms with E-state index in [2.05, 4.69) is 223 Å². The van der Waals surface area contributed by atoms with Gasteiger partial charge < -0.3 is 19.1 Å². The fourth-order valence-corrected chi connectivity index (χ4v) is 11.7. The number of hydrogen-bond acceptors (Lipinski definition) is 3. The minimum Gasteiger partial charge on any atom is -0.313 e. The molecule has 0 unspecified atom stereocenters. The van der Waals surface area contributed by atoms with Gasteiger partial charge in [0.05, 0.1) is 11.0 Å². The van der Waals surface area contributed by atoms with Gasteiger partial charge in [-0.1, -0.05) is 165 Å². The Morgan fingerprint density at radius 1 is 0.519 bits per heavy atom. The van der Waals surface area contributed by atoms with E-state index >= 15 is 0 Å². The molecule has 0 aliphatic carbocycles. The van der Waals surface area contributed by atoms with Gasteiger partial charge in [-0.25, -0.2) is 0 Å². The topological polar surface area (TPSA) is 35.6 Å². The van der Waals surface area contributed by atoms with Gasteiger partial charge in [0.2, 0.25) is 0 Å². The predicted octanol–water partition coefficient (Wildman–Crippen LogP) is 19.7. The quantitative estimate of drug-likeness (QED) is 0.0903. The molecule has 5 aromatic heterocycles. The SMILES string of the molecule is CCCCCCc1cc(-c2cc(-n3c(C(C)(C)C)cc4ccccc43)cc(-n3c(C(C)(C)C)cc4ccccc43)c2)cc(-c2c[c-]c(-c3ccc(-c4sc(C)cc4C)cn3)cc2C)c1.[Ir].[c-]1ccccc1-c1ccccn1. The van der Waals surface area contributed by atoms with E-state index in [-0.39, 0.29) is 30.9 Å². The molecular formula is C71H70IrN4S-2. The maximum atomic E-state index is 4.95. The second-order valence-corrected chi connectivity index (χ2v) is 23.8. The van der Waals surface area contributed by atoms with E-state index in [1.54, 1.807) is 6.20 Å². The van der Waals surface area contributed by atoms with E-state index in [9.17, 15) is 0 Å². The molecule has 0 aliphatic heterocycles. The molecule has 0 spiro atoms. The molecular weight excluding hydrogens is 1130 g/mol. The van der Waals surface area contributed by atoms with Crippen LogP contribution >= 0.6 is 11.3 Å². The number of nitrogens with zero attached hydrogens (tertiary/aromatic N) is 4. The van der Waals surface area contributed by atoms with Gasteiger partial charge in [-0.3, -0.25) is 0 Å². The number of fused-ring (bicyclic) bond motifs is 2. The number of unbranched alkanes of at least 4 members (excludes halogenated alkanes) is 3. The van der Waals surface area contributed by atoms with Crippen molar-refractivity contribution in [1.82, 2.24) is 19.1 Å². The summed E-state index contributed by atoms with van der Waals surface area (Å²) in [6, 6.07) is 68.6. The number of thiophene rings is 1. The second-order valence-electron chi connectivity index (χ2n) is 22.6. The largest absolute Gasteiger partial charge is 0.313 e. The number of aromatic nitrogens is 4. The Kier molecular flexibility index (Phi) is 16.6. The van der Waals surface area contributed by atoms with Crippen molar-refractivity contribution < 1.29 is 20.1 Å². The van der Waals surface area contributed by atoms with Crippen LogP contribution in [-0.2, 0) is 37.4 Å². The van der Waals surface area contributed by atoms with Crippen molar-refractivity contribution in [2.45, 2.75) is 112 Å². The average Bonchev–Trinajstić information content (AvgIpc) is 4.13. The van der Waals surface area contributed by atoms with Crippen molar-refractivity contribution >= 4 is 33.1 Å². The van der Waals surface area contributed by atoms with Gasteiger partial charge in [-0.15, -0.1) is 76.6 Å². The smallest absolute Gasteiger partial charge is 0.0531 e. The van der Waals surface area contributed by atoms with Crippen LogP contribution in [0.5, 0.6) is 0 Å². The van der Waals surface area contributed by atoms with Crippen LogP contribution in [0.4, 0.5) is 0 Å². The molecule has 0 atom stereocenters. The molecule has 0 aliphatic rings. The van der Waals surface area contributed by atoms with Crippen LogP contribution < -0.4 is 0 Å². The Labute approximate surface area is 475 Å².